The summed E-state index contributed by atoms with van der Waals surface area (Å²) in [6, 6.07) is -1.11. The van der Waals surface area contributed by atoms with Gasteiger partial charge in [-0.15, -0.1) is 0 Å². The van der Waals surface area contributed by atoms with E-state index < -0.39 is 67.5 Å². The van der Waals surface area contributed by atoms with Gasteiger partial charge in [-0.3, -0.25) is 28.3 Å². The van der Waals surface area contributed by atoms with Gasteiger partial charge >= 0.3 is 0 Å². The highest BCUT2D eigenvalue weighted by Gasteiger charge is 2.31. The number of unbranched alkanes of at least 4 members (excludes halogenated alkanes) is 2. The Hall–Kier alpha value is -2.64. The van der Waals surface area contributed by atoms with Gasteiger partial charge in [0.1, 0.15) is 0 Å². The van der Waals surface area contributed by atoms with Crippen molar-refractivity contribution in [3.8, 4) is 0 Å². The highest BCUT2D eigenvalue weighted by molar-refractivity contribution is 5.99. The summed E-state index contributed by atoms with van der Waals surface area (Å²) in [7, 11) is 0. The van der Waals surface area contributed by atoms with Crippen molar-refractivity contribution < 1.29 is 8.78 Å². The average Bonchev–Trinajstić information content (AvgIpc) is 3.12. The van der Waals surface area contributed by atoms with Crippen LogP contribution in [0.2, 0.25) is 0 Å². The summed E-state index contributed by atoms with van der Waals surface area (Å²) in [5, 5.41) is -2.99. The lowest BCUT2D eigenvalue weighted by atomic mass is 10.1. The van der Waals surface area contributed by atoms with Crippen LogP contribution in [-0.2, 0) is 0 Å². The molecule has 2 unspecified atom stereocenters. The fourth-order valence-corrected chi connectivity index (χ4v) is 4.22. The van der Waals surface area contributed by atoms with Crippen molar-refractivity contribution in [1.29, 1.82) is 0 Å². The summed E-state index contributed by atoms with van der Waals surface area (Å²) >= 11 is 0. The first-order valence-electron chi connectivity index (χ1n) is 10.5. The Morgan fingerprint density at radius 1 is 0.633 bits per heavy atom. The number of rotatable bonds is 8. The van der Waals surface area contributed by atoms with Crippen LogP contribution in [0.3, 0.4) is 0 Å². The third-order valence-electron chi connectivity index (χ3n) is 5.94. The zero-order valence-corrected chi connectivity index (χ0v) is 17.7. The summed E-state index contributed by atoms with van der Waals surface area (Å²) in [4.78, 5) is 51.3. The molecule has 6 nitrogen and oxygen atoms in total. The quantitative estimate of drug-likeness (QED) is 0.557. The number of nitrogens with zero attached hydrogens (tertiary/aromatic N) is 2. The van der Waals surface area contributed by atoms with Crippen LogP contribution in [0.4, 0.5) is 8.78 Å². The number of hydrogen-bond acceptors (Lipinski definition) is 4. The molecular weight excluding hydrogens is 394 g/mol. The third-order valence-corrected chi connectivity index (χ3v) is 5.94. The molecule has 162 valence electrons. The van der Waals surface area contributed by atoms with Crippen molar-refractivity contribution in [3.05, 3.63) is 53.0 Å². The van der Waals surface area contributed by atoms with Crippen molar-refractivity contribution in [2.24, 2.45) is 0 Å². The molecule has 0 spiro atoms. The molecule has 0 N–H and O–H groups in total. The van der Waals surface area contributed by atoms with E-state index in [0.717, 1.165) is 34.8 Å². The van der Waals surface area contributed by atoms with Gasteiger partial charge in [-0.25, -0.2) is 8.78 Å². The van der Waals surface area contributed by atoms with E-state index >= 15 is 8.78 Å². The van der Waals surface area contributed by atoms with Crippen LogP contribution in [0, 0.1) is 11.6 Å². The van der Waals surface area contributed by atoms with Gasteiger partial charge in [0.05, 0.1) is 21.5 Å². The molecule has 2 atom stereocenters. The molecule has 0 saturated carbocycles. The van der Waals surface area contributed by atoms with E-state index in [2.05, 4.69) is 0 Å². The predicted octanol–water partition coefficient (Wildman–Crippen LogP) is 3.69. The molecule has 0 aliphatic carbocycles. The minimum Gasteiger partial charge on any atom is -0.271 e. The molecular formula is C22H26F2N2O4. The zero-order valence-electron chi connectivity index (χ0n) is 17.7. The standard InChI is InChI=1S/C22H26F2N2O4/c1-5-7-9-11(3)25-19(27)13-14(20(25)28)18(24)16-15(17(13)23)21(29)26(22(16)30)12(4)10-8-6-2/h11-12H,5-10H2,1-4H3. The Bertz CT molecular complexity index is 1130. The normalized spacial score (nSPS) is 14.1. The van der Waals surface area contributed by atoms with Crippen LogP contribution in [0.5, 0.6) is 0 Å². The first kappa shape index (κ1) is 22.1. The Labute approximate surface area is 171 Å². The Morgan fingerprint density at radius 3 is 1.13 bits per heavy atom. The SMILES string of the molecule is CCCCC(C)n1c(=O)c2c(F)c3c(=O)n(C(C)CCCC)c(=O)c3c(F)c2c1=O. The molecule has 0 radical (unpaired) electrons. The lowest BCUT2D eigenvalue weighted by molar-refractivity contribution is 0.468. The molecule has 0 fully saturated rings. The first-order chi connectivity index (χ1) is 14.2. The Morgan fingerprint density at radius 2 is 0.900 bits per heavy atom. The maximum atomic E-state index is 15.3. The summed E-state index contributed by atoms with van der Waals surface area (Å²) < 4.78 is 32.3. The average molecular weight is 420 g/mol. The van der Waals surface area contributed by atoms with E-state index in [4.69, 9.17) is 0 Å². The second kappa shape index (κ2) is 8.24. The molecule has 0 bridgehead atoms. The van der Waals surface area contributed by atoms with E-state index in [1.54, 1.807) is 13.8 Å². The van der Waals surface area contributed by atoms with Gasteiger partial charge in [-0.1, -0.05) is 39.5 Å². The summed E-state index contributed by atoms with van der Waals surface area (Å²) in [5.74, 6) is -2.57. The Balaban J connectivity index is 2.39. The summed E-state index contributed by atoms with van der Waals surface area (Å²) in [5.41, 5.74) is -3.85. The second-order valence-electron chi connectivity index (χ2n) is 8.07. The Kier molecular flexibility index (Phi) is 6.06. The van der Waals surface area contributed by atoms with Crippen LogP contribution in [0.25, 0.3) is 21.5 Å². The van der Waals surface area contributed by atoms with Crippen molar-refractivity contribution in [3.63, 3.8) is 0 Å². The lowest BCUT2D eigenvalue weighted by Crippen LogP contribution is -2.29. The zero-order chi connectivity index (χ0) is 22.3. The fourth-order valence-electron chi connectivity index (χ4n) is 4.22. The molecule has 0 aliphatic heterocycles. The van der Waals surface area contributed by atoms with Crippen LogP contribution in [0.1, 0.15) is 78.3 Å². The molecule has 3 aromatic rings. The first-order valence-corrected chi connectivity index (χ1v) is 10.5. The van der Waals surface area contributed by atoms with Crippen molar-refractivity contribution in [2.75, 3.05) is 0 Å². The number of aromatic nitrogens is 2. The second-order valence-corrected chi connectivity index (χ2v) is 8.07. The van der Waals surface area contributed by atoms with E-state index in [0.29, 0.717) is 12.8 Å². The molecule has 2 aromatic heterocycles. The van der Waals surface area contributed by atoms with Crippen molar-refractivity contribution in [2.45, 2.75) is 78.3 Å². The molecule has 0 amide bonds. The van der Waals surface area contributed by atoms with Gasteiger partial charge < -0.3 is 0 Å². The van der Waals surface area contributed by atoms with Crippen LogP contribution in [-0.4, -0.2) is 9.13 Å². The number of hydrogen-bond donors (Lipinski definition) is 0. The van der Waals surface area contributed by atoms with Crippen LogP contribution >= 0.6 is 0 Å². The topological polar surface area (TPSA) is 78.1 Å². The largest absolute Gasteiger partial charge is 0.271 e. The van der Waals surface area contributed by atoms with E-state index in [1.165, 1.54) is 0 Å². The molecule has 1 aromatic carbocycles. The molecule has 3 rings (SSSR count). The smallest absolute Gasteiger partial charge is 0.264 e. The molecule has 30 heavy (non-hydrogen) atoms. The van der Waals surface area contributed by atoms with E-state index in [1.807, 2.05) is 13.8 Å². The summed E-state index contributed by atoms with van der Waals surface area (Å²) in [6.45, 7) is 7.16. The number of benzene rings is 1. The fraction of sp³-hybridized carbons (Fsp3) is 0.545. The van der Waals surface area contributed by atoms with Gasteiger partial charge in [-0.2, -0.15) is 0 Å². The predicted molar refractivity (Wildman–Crippen MR) is 113 cm³/mol. The van der Waals surface area contributed by atoms with E-state index in [9.17, 15) is 19.2 Å². The minimum absolute atomic E-state index is 0.492. The minimum atomic E-state index is -1.28. The van der Waals surface area contributed by atoms with Gasteiger partial charge in [0.15, 0.2) is 11.6 Å². The van der Waals surface area contributed by atoms with Crippen LogP contribution < -0.4 is 22.2 Å². The van der Waals surface area contributed by atoms with Gasteiger partial charge in [0.2, 0.25) is 0 Å². The summed E-state index contributed by atoms with van der Waals surface area (Å²) in [6.07, 6.45) is 4.12. The lowest BCUT2D eigenvalue weighted by Gasteiger charge is -2.10. The highest BCUT2D eigenvalue weighted by atomic mass is 19.1. The van der Waals surface area contributed by atoms with Crippen molar-refractivity contribution in [1.82, 2.24) is 9.13 Å². The van der Waals surface area contributed by atoms with Crippen molar-refractivity contribution >= 4 is 21.5 Å². The maximum absolute atomic E-state index is 15.3. The van der Waals surface area contributed by atoms with Gasteiger partial charge in [0.25, 0.3) is 22.2 Å². The number of halogens is 2. The molecule has 0 aliphatic rings. The van der Waals surface area contributed by atoms with Crippen LogP contribution in [0.15, 0.2) is 19.2 Å². The van der Waals surface area contributed by atoms with E-state index in [-0.39, 0.29) is 0 Å². The number of fused-ring (bicyclic) bond motifs is 2. The van der Waals surface area contributed by atoms with Gasteiger partial charge in [0, 0.05) is 12.1 Å². The molecule has 2 heterocycles. The monoisotopic (exact) mass is 420 g/mol. The third kappa shape index (κ3) is 3.13. The maximum Gasteiger partial charge on any atom is 0.264 e. The molecule has 0 saturated heterocycles. The molecule has 8 heteroatoms. The van der Waals surface area contributed by atoms with Gasteiger partial charge in [-0.05, 0) is 26.7 Å². The highest BCUT2D eigenvalue weighted by Crippen LogP contribution is 2.26.